The molecular formula is C16H25NO3. The van der Waals surface area contributed by atoms with Gasteiger partial charge < -0.3 is 15.2 Å². The van der Waals surface area contributed by atoms with Gasteiger partial charge in [-0.25, -0.2) is 0 Å². The second-order valence-corrected chi connectivity index (χ2v) is 5.21. The number of amides is 1. The quantitative estimate of drug-likeness (QED) is 0.768. The van der Waals surface area contributed by atoms with E-state index in [-0.39, 0.29) is 24.5 Å². The maximum atomic E-state index is 11.9. The summed E-state index contributed by atoms with van der Waals surface area (Å²) in [7, 11) is 1.64. The molecule has 2 atom stereocenters. The van der Waals surface area contributed by atoms with Gasteiger partial charge in [0.2, 0.25) is 5.91 Å². The molecule has 0 spiro atoms. The zero-order chi connectivity index (χ0) is 15.0. The van der Waals surface area contributed by atoms with Gasteiger partial charge in [0.05, 0.1) is 7.11 Å². The van der Waals surface area contributed by atoms with Crippen molar-refractivity contribution in [3.8, 4) is 5.75 Å². The van der Waals surface area contributed by atoms with Gasteiger partial charge in [-0.15, -0.1) is 0 Å². The van der Waals surface area contributed by atoms with E-state index in [4.69, 9.17) is 9.84 Å². The van der Waals surface area contributed by atoms with E-state index in [2.05, 4.69) is 5.32 Å². The van der Waals surface area contributed by atoms with E-state index in [0.29, 0.717) is 6.42 Å². The van der Waals surface area contributed by atoms with Gasteiger partial charge in [0.25, 0.3) is 0 Å². The Hall–Kier alpha value is -1.55. The lowest BCUT2D eigenvalue weighted by atomic mass is 9.97. The lowest BCUT2D eigenvalue weighted by Gasteiger charge is -2.16. The zero-order valence-corrected chi connectivity index (χ0v) is 12.6. The van der Waals surface area contributed by atoms with Gasteiger partial charge in [-0.05, 0) is 43.4 Å². The van der Waals surface area contributed by atoms with Crippen LogP contribution in [0.5, 0.6) is 5.75 Å². The molecule has 0 saturated heterocycles. The van der Waals surface area contributed by atoms with Crippen LogP contribution in [-0.2, 0) is 4.79 Å². The number of carbonyl (C=O) groups excluding carboxylic acids is 1. The van der Waals surface area contributed by atoms with Gasteiger partial charge >= 0.3 is 0 Å². The summed E-state index contributed by atoms with van der Waals surface area (Å²) < 4.78 is 5.12. The second-order valence-electron chi connectivity index (χ2n) is 5.21. The predicted octanol–water partition coefficient (Wildman–Crippen LogP) is 2.47. The van der Waals surface area contributed by atoms with E-state index in [1.54, 1.807) is 7.11 Å². The molecule has 2 N–H and O–H groups in total. The summed E-state index contributed by atoms with van der Waals surface area (Å²) in [5.41, 5.74) is 1.13. The molecule has 0 heterocycles. The third-order valence-corrected chi connectivity index (χ3v) is 3.38. The number of carbonyl (C=O) groups is 1. The molecule has 1 aromatic carbocycles. The van der Waals surface area contributed by atoms with E-state index in [0.717, 1.165) is 24.2 Å². The molecule has 0 aliphatic rings. The van der Waals surface area contributed by atoms with Crippen LogP contribution in [0.15, 0.2) is 24.3 Å². The number of rotatable bonds is 8. The molecule has 2 unspecified atom stereocenters. The standard InChI is InChI=1S/C16H25NO3/c1-12(14-6-8-15(20-3)9-7-14)11-16(19)17-13(2)5-4-10-18/h6-9,12-13,18H,4-5,10-11H2,1-3H3,(H,17,19). The van der Waals surface area contributed by atoms with Crippen LogP contribution in [0.2, 0.25) is 0 Å². The highest BCUT2D eigenvalue weighted by molar-refractivity contribution is 5.77. The third-order valence-electron chi connectivity index (χ3n) is 3.38. The second kappa shape index (κ2) is 8.59. The normalized spacial score (nSPS) is 13.6. The molecule has 0 fully saturated rings. The maximum Gasteiger partial charge on any atom is 0.220 e. The van der Waals surface area contributed by atoms with Crippen LogP contribution >= 0.6 is 0 Å². The molecule has 1 rings (SSSR count). The molecule has 0 aliphatic carbocycles. The first-order valence-electron chi connectivity index (χ1n) is 7.11. The SMILES string of the molecule is COc1ccc(C(C)CC(=O)NC(C)CCCO)cc1. The molecule has 4 nitrogen and oxygen atoms in total. The summed E-state index contributed by atoms with van der Waals surface area (Å²) in [6, 6.07) is 7.91. The van der Waals surface area contributed by atoms with E-state index >= 15 is 0 Å². The number of ether oxygens (including phenoxy) is 1. The average Bonchev–Trinajstić information content (AvgIpc) is 2.45. The van der Waals surface area contributed by atoms with Crippen molar-refractivity contribution in [3.05, 3.63) is 29.8 Å². The number of methoxy groups -OCH3 is 1. The topological polar surface area (TPSA) is 58.6 Å². The van der Waals surface area contributed by atoms with Crippen molar-refractivity contribution >= 4 is 5.91 Å². The molecule has 20 heavy (non-hydrogen) atoms. The highest BCUT2D eigenvalue weighted by Crippen LogP contribution is 2.21. The minimum atomic E-state index is 0.0544. The minimum Gasteiger partial charge on any atom is -0.497 e. The van der Waals surface area contributed by atoms with Crippen LogP contribution in [-0.4, -0.2) is 30.8 Å². The van der Waals surface area contributed by atoms with Crippen LogP contribution in [0.25, 0.3) is 0 Å². The molecule has 0 saturated carbocycles. The monoisotopic (exact) mass is 279 g/mol. The highest BCUT2D eigenvalue weighted by atomic mass is 16.5. The van der Waals surface area contributed by atoms with E-state index in [9.17, 15) is 4.79 Å². The summed E-state index contributed by atoms with van der Waals surface area (Å²) in [4.78, 5) is 11.9. The fourth-order valence-corrected chi connectivity index (χ4v) is 2.13. The maximum absolute atomic E-state index is 11.9. The molecule has 1 amide bonds. The van der Waals surface area contributed by atoms with E-state index < -0.39 is 0 Å². The van der Waals surface area contributed by atoms with Crippen LogP contribution in [0.1, 0.15) is 44.6 Å². The smallest absolute Gasteiger partial charge is 0.220 e. The molecule has 1 aromatic rings. The largest absolute Gasteiger partial charge is 0.497 e. The fraction of sp³-hybridized carbons (Fsp3) is 0.562. The molecule has 4 heteroatoms. The lowest BCUT2D eigenvalue weighted by molar-refractivity contribution is -0.122. The molecular weight excluding hydrogens is 254 g/mol. The number of aliphatic hydroxyl groups is 1. The summed E-state index contributed by atoms with van der Waals surface area (Å²) in [5, 5.41) is 11.7. The minimum absolute atomic E-state index is 0.0544. The average molecular weight is 279 g/mol. The van der Waals surface area contributed by atoms with E-state index in [1.165, 1.54) is 0 Å². The summed E-state index contributed by atoms with van der Waals surface area (Å²) in [6.45, 7) is 4.17. The van der Waals surface area contributed by atoms with Crippen molar-refractivity contribution in [2.45, 2.75) is 45.1 Å². The Bertz CT molecular complexity index is 403. The first-order valence-corrected chi connectivity index (χ1v) is 7.11. The van der Waals surface area contributed by atoms with Crippen molar-refractivity contribution in [2.24, 2.45) is 0 Å². The predicted molar refractivity (Wildman–Crippen MR) is 80.0 cm³/mol. The first-order chi connectivity index (χ1) is 9.56. The summed E-state index contributed by atoms with van der Waals surface area (Å²) in [5.74, 6) is 1.05. The van der Waals surface area contributed by atoms with Crippen LogP contribution in [0, 0.1) is 0 Å². The number of aliphatic hydroxyl groups excluding tert-OH is 1. The molecule has 0 aromatic heterocycles. The Labute approximate surface area is 121 Å². The lowest BCUT2D eigenvalue weighted by Crippen LogP contribution is -2.33. The summed E-state index contributed by atoms with van der Waals surface area (Å²) in [6.07, 6.45) is 1.99. The van der Waals surface area contributed by atoms with Crippen molar-refractivity contribution < 1.29 is 14.6 Å². The first kappa shape index (κ1) is 16.5. The van der Waals surface area contributed by atoms with Gasteiger partial charge in [-0.1, -0.05) is 19.1 Å². The van der Waals surface area contributed by atoms with Crippen LogP contribution < -0.4 is 10.1 Å². The zero-order valence-electron chi connectivity index (χ0n) is 12.6. The molecule has 0 aliphatic heterocycles. The molecule has 112 valence electrons. The van der Waals surface area contributed by atoms with Crippen LogP contribution in [0.4, 0.5) is 0 Å². The Kier molecular flexibility index (Phi) is 7.09. The van der Waals surface area contributed by atoms with Crippen molar-refractivity contribution in [3.63, 3.8) is 0 Å². The summed E-state index contributed by atoms with van der Waals surface area (Å²) >= 11 is 0. The van der Waals surface area contributed by atoms with Gasteiger partial charge in [-0.3, -0.25) is 4.79 Å². The van der Waals surface area contributed by atoms with Crippen molar-refractivity contribution in [1.82, 2.24) is 5.32 Å². The van der Waals surface area contributed by atoms with Gasteiger partial charge in [0.15, 0.2) is 0 Å². The van der Waals surface area contributed by atoms with Gasteiger partial charge in [0.1, 0.15) is 5.75 Å². The fourth-order valence-electron chi connectivity index (χ4n) is 2.13. The third kappa shape index (κ3) is 5.61. The Morgan fingerprint density at radius 2 is 1.95 bits per heavy atom. The Morgan fingerprint density at radius 1 is 1.30 bits per heavy atom. The Morgan fingerprint density at radius 3 is 2.50 bits per heavy atom. The number of hydrogen-bond acceptors (Lipinski definition) is 3. The van der Waals surface area contributed by atoms with Crippen molar-refractivity contribution in [2.75, 3.05) is 13.7 Å². The van der Waals surface area contributed by atoms with Crippen LogP contribution in [0.3, 0.4) is 0 Å². The number of hydrogen-bond donors (Lipinski definition) is 2. The molecule has 0 radical (unpaired) electrons. The Balaban J connectivity index is 2.43. The number of nitrogens with one attached hydrogen (secondary N) is 1. The van der Waals surface area contributed by atoms with Gasteiger partial charge in [-0.2, -0.15) is 0 Å². The highest BCUT2D eigenvalue weighted by Gasteiger charge is 2.13. The van der Waals surface area contributed by atoms with Gasteiger partial charge in [0, 0.05) is 19.1 Å². The molecule has 0 bridgehead atoms. The van der Waals surface area contributed by atoms with Crippen molar-refractivity contribution in [1.29, 1.82) is 0 Å². The van der Waals surface area contributed by atoms with E-state index in [1.807, 2.05) is 38.1 Å². The number of benzene rings is 1.